The Morgan fingerprint density at radius 2 is 1.77 bits per heavy atom. The standard InChI is InChI=1S/C18H24N2O2/c1-15(21)19-11-9-18(13-19)8-5-10-20(14-18)17(22)12-16-6-3-2-4-7-16/h2-4,6-7H,5,8-14H2,1H3. The summed E-state index contributed by atoms with van der Waals surface area (Å²) in [7, 11) is 0. The number of carbonyl (C=O) groups is 2. The molecule has 1 spiro atoms. The van der Waals surface area contributed by atoms with Crippen molar-refractivity contribution < 1.29 is 9.59 Å². The number of rotatable bonds is 2. The van der Waals surface area contributed by atoms with E-state index in [9.17, 15) is 9.59 Å². The highest BCUT2D eigenvalue weighted by Gasteiger charge is 2.42. The summed E-state index contributed by atoms with van der Waals surface area (Å²) in [6.45, 7) is 4.96. The van der Waals surface area contributed by atoms with Gasteiger partial charge in [-0.2, -0.15) is 0 Å². The molecule has 1 unspecified atom stereocenters. The van der Waals surface area contributed by atoms with Gasteiger partial charge in [0.15, 0.2) is 0 Å². The van der Waals surface area contributed by atoms with Crippen LogP contribution in [0.3, 0.4) is 0 Å². The Kier molecular flexibility index (Phi) is 4.19. The van der Waals surface area contributed by atoms with E-state index in [1.807, 2.05) is 40.1 Å². The Labute approximate surface area is 132 Å². The molecule has 4 nitrogen and oxygen atoms in total. The third-order valence-electron chi connectivity index (χ3n) is 5.10. The Bertz CT molecular complexity index is 557. The summed E-state index contributed by atoms with van der Waals surface area (Å²) in [6.07, 6.45) is 3.69. The summed E-state index contributed by atoms with van der Waals surface area (Å²) in [5, 5.41) is 0. The molecule has 2 amide bonds. The second-order valence-electron chi connectivity index (χ2n) is 6.77. The van der Waals surface area contributed by atoms with Gasteiger partial charge in [0.1, 0.15) is 0 Å². The van der Waals surface area contributed by atoms with Crippen LogP contribution >= 0.6 is 0 Å². The zero-order valence-electron chi connectivity index (χ0n) is 13.3. The van der Waals surface area contributed by atoms with Crippen LogP contribution in [0.25, 0.3) is 0 Å². The van der Waals surface area contributed by atoms with E-state index in [-0.39, 0.29) is 17.2 Å². The summed E-state index contributed by atoms with van der Waals surface area (Å²) in [4.78, 5) is 28.1. The maximum absolute atomic E-state index is 12.6. The van der Waals surface area contributed by atoms with Crippen LogP contribution in [-0.4, -0.2) is 47.8 Å². The van der Waals surface area contributed by atoms with Crippen molar-refractivity contribution in [2.75, 3.05) is 26.2 Å². The van der Waals surface area contributed by atoms with Crippen LogP contribution in [0.1, 0.15) is 31.7 Å². The molecule has 0 bridgehead atoms. The fraction of sp³-hybridized carbons (Fsp3) is 0.556. The number of hydrogen-bond donors (Lipinski definition) is 0. The smallest absolute Gasteiger partial charge is 0.227 e. The van der Waals surface area contributed by atoms with E-state index in [4.69, 9.17) is 0 Å². The molecule has 2 saturated heterocycles. The second kappa shape index (κ2) is 6.11. The molecule has 0 radical (unpaired) electrons. The molecule has 1 atom stereocenters. The number of carbonyl (C=O) groups excluding carboxylic acids is 2. The summed E-state index contributed by atoms with van der Waals surface area (Å²) in [5.74, 6) is 0.371. The Hall–Kier alpha value is -1.84. The zero-order chi connectivity index (χ0) is 15.6. The minimum Gasteiger partial charge on any atom is -0.342 e. The first-order valence-electron chi connectivity index (χ1n) is 8.15. The molecule has 0 aliphatic carbocycles. The maximum Gasteiger partial charge on any atom is 0.227 e. The van der Waals surface area contributed by atoms with Gasteiger partial charge in [-0.25, -0.2) is 0 Å². The Morgan fingerprint density at radius 1 is 1.05 bits per heavy atom. The van der Waals surface area contributed by atoms with Crippen LogP contribution in [0.2, 0.25) is 0 Å². The minimum absolute atomic E-state index is 0.135. The largest absolute Gasteiger partial charge is 0.342 e. The number of hydrogen-bond acceptors (Lipinski definition) is 2. The Balaban J connectivity index is 1.63. The van der Waals surface area contributed by atoms with Crippen LogP contribution in [0.5, 0.6) is 0 Å². The molecule has 118 valence electrons. The first kappa shape index (κ1) is 15.1. The molecule has 3 rings (SSSR count). The van der Waals surface area contributed by atoms with Crippen LogP contribution in [0.4, 0.5) is 0 Å². The molecule has 2 fully saturated rings. The lowest BCUT2D eigenvalue weighted by atomic mass is 9.79. The van der Waals surface area contributed by atoms with Crippen LogP contribution in [-0.2, 0) is 16.0 Å². The lowest BCUT2D eigenvalue weighted by Crippen LogP contribution is -2.48. The van der Waals surface area contributed by atoms with Crippen molar-refractivity contribution in [1.82, 2.24) is 9.80 Å². The highest BCUT2D eigenvalue weighted by atomic mass is 16.2. The van der Waals surface area contributed by atoms with Gasteiger partial charge < -0.3 is 9.80 Å². The van der Waals surface area contributed by atoms with Crippen LogP contribution < -0.4 is 0 Å². The summed E-state index contributed by atoms with van der Waals surface area (Å²) in [6, 6.07) is 9.93. The fourth-order valence-electron chi connectivity index (χ4n) is 3.84. The second-order valence-corrected chi connectivity index (χ2v) is 6.77. The van der Waals surface area contributed by atoms with Crippen molar-refractivity contribution in [3.05, 3.63) is 35.9 Å². The molecule has 0 N–H and O–H groups in total. The van der Waals surface area contributed by atoms with Crippen molar-refractivity contribution in [2.45, 2.75) is 32.6 Å². The van der Waals surface area contributed by atoms with Gasteiger partial charge in [0.05, 0.1) is 6.42 Å². The predicted octanol–water partition coefficient (Wildman–Crippen LogP) is 2.09. The average molecular weight is 300 g/mol. The van der Waals surface area contributed by atoms with Gasteiger partial charge in [-0.1, -0.05) is 30.3 Å². The first-order chi connectivity index (χ1) is 10.6. The summed E-state index contributed by atoms with van der Waals surface area (Å²) < 4.78 is 0. The number of amides is 2. The topological polar surface area (TPSA) is 40.6 Å². The minimum atomic E-state index is 0.135. The third-order valence-corrected chi connectivity index (χ3v) is 5.10. The van der Waals surface area contributed by atoms with Gasteiger partial charge in [0.25, 0.3) is 0 Å². The SMILES string of the molecule is CC(=O)N1CCC2(CCCN(C(=O)Cc3ccccc3)C2)C1. The molecular formula is C18H24N2O2. The summed E-state index contributed by atoms with van der Waals surface area (Å²) >= 11 is 0. The van der Waals surface area contributed by atoms with E-state index in [0.717, 1.165) is 51.0 Å². The highest BCUT2D eigenvalue weighted by molar-refractivity contribution is 5.79. The molecule has 0 aromatic heterocycles. The van der Waals surface area contributed by atoms with Gasteiger partial charge in [0.2, 0.25) is 11.8 Å². The monoisotopic (exact) mass is 300 g/mol. The number of piperidine rings is 1. The molecule has 1 aromatic carbocycles. The van der Waals surface area contributed by atoms with E-state index in [2.05, 4.69) is 0 Å². The summed E-state index contributed by atoms with van der Waals surface area (Å²) in [5.41, 5.74) is 1.21. The van der Waals surface area contributed by atoms with Gasteiger partial charge in [-0.15, -0.1) is 0 Å². The lowest BCUT2D eigenvalue weighted by molar-refractivity contribution is -0.134. The lowest BCUT2D eigenvalue weighted by Gasteiger charge is -2.40. The van der Waals surface area contributed by atoms with E-state index in [1.165, 1.54) is 0 Å². The van der Waals surface area contributed by atoms with E-state index >= 15 is 0 Å². The van der Waals surface area contributed by atoms with Gasteiger partial charge >= 0.3 is 0 Å². The number of nitrogens with zero attached hydrogens (tertiary/aromatic N) is 2. The molecule has 2 aliphatic heterocycles. The highest BCUT2D eigenvalue weighted by Crippen LogP contribution is 2.39. The third kappa shape index (κ3) is 3.16. The van der Waals surface area contributed by atoms with E-state index < -0.39 is 0 Å². The predicted molar refractivity (Wildman–Crippen MR) is 85.3 cm³/mol. The maximum atomic E-state index is 12.6. The van der Waals surface area contributed by atoms with Crippen molar-refractivity contribution in [3.8, 4) is 0 Å². The molecule has 2 aliphatic rings. The quantitative estimate of drug-likeness (QED) is 0.839. The van der Waals surface area contributed by atoms with Crippen LogP contribution in [0, 0.1) is 5.41 Å². The molecule has 0 saturated carbocycles. The molecule has 2 heterocycles. The van der Waals surface area contributed by atoms with E-state index in [0.29, 0.717) is 6.42 Å². The van der Waals surface area contributed by atoms with Crippen molar-refractivity contribution >= 4 is 11.8 Å². The van der Waals surface area contributed by atoms with Gasteiger partial charge in [-0.05, 0) is 24.8 Å². The molecule has 1 aromatic rings. The first-order valence-corrected chi connectivity index (χ1v) is 8.15. The van der Waals surface area contributed by atoms with Gasteiger partial charge in [0, 0.05) is 38.5 Å². The van der Waals surface area contributed by atoms with Crippen molar-refractivity contribution in [3.63, 3.8) is 0 Å². The Morgan fingerprint density at radius 3 is 2.45 bits per heavy atom. The van der Waals surface area contributed by atoms with Crippen molar-refractivity contribution in [1.29, 1.82) is 0 Å². The van der Waals surface area contributed by atoms with Gasteiger partial charge in [-0.3, -0.25) is 9.59 Å². The van der Waals surface area contributed by atoms with Crippen molar-refractivity contribution in [2.24, 2.45) is 5.41 Å². The molecule has 4 heteroatoms. The van der Waals surface area contributed by atoms with Crippen LogP contribution in [0.15, 0.2) is 30.3 Å². The molecular weight excluding hydrogens is 276 g/mol. The normalized spacial score (nSPS) is 24.8. The average Bonchev–Trinajstić information content (AvgIpc) is 2.92. The van der Waals surface area contributed by atoms with E-state index in [1.54, 1.807) is 6.92 Å². The number of likely N-dealkylation sites (tertiary alicyclic amines) is 2. The molecule has 22 heavy (non-hydrogen) atoms. The number of benzene rings is 1. The zero-order valence-corrected chi connectivity index (χ0v) is 13.3. The fourth-order valence-corrected chi connectivity index (χ4v) is 3.84.